The summed E-state index contributed by atoms with van der Waals surface area (Å²) in [4.78, 5) is 22.2. The summed E-state index contributed by atoms with van der Waals surface area (Å²) in [7, 11) is 0. The van der Waals surface area contributed by atoms with E-state index in [4.69, 9.17) is 5.11 Å². The Hall–Kier alpha value is -2.50. The smallest absolute Gasteiger partial charge is 0.352 e. The third kappa shape index (κ3) is 1.88. The van der Waals surface area contributed by atoms with E-state index in [2.05, 4.69) is 0 Å². The molecule has 6 heteroatoms. The van der Waals surface area contributed by atoms with Crippen molar-refractivity contribution in [1.29, 1.82) is 0 Å². The molecule has 2 aromatic rings. The highest BCUT2D eigenvalue weighted by Crippen LogP contribution is 2.32. The van der Waals surface area contributed by atoms with Gasteiger partial charge in [0.1, 0.15) is 11.5 Å². The van der Waals surface area contributed by atoms with E-state index in [9.17, 15) is 19.8 Å². The number of rotatable bonds is 3. The number of Topliss-reactive ketones (excluding diaryl/α,β-unsaturated/α-hetero) is 1. The number of carboxylic acid groups (broad SMARTS) is 1. The molecule has 3 N–H and O–H groups in total. The first kappa shape index (κ1) is 12.0. The van der Waals surface area contributed by atoms with Gasteiger partial charge in [-0.2, -0.15) is 0 Å². The van der Waals surface area contributed by atoms with E-state index in [-0.39, 0.29) is 29.5 Å². The zero-order valence-corrected chi connectivity index (χ0v) is 9.54. The Balaban J connectivity index is 2.76. The number of hydrogen-bond acceptors (Lipinski definition) is 4. The number of nitrogens with zero attached hydrogens (tertiary/aromatic N) is 1. The Labute approximate surface area is 102 Å². The second-order valence-electron chi connectivity index (χ2n) is 4.02. The van der Waals surface area contributed by atoms with Gasteiger partial charge in [0.2, 0.25) is 0 Å². The monoisotopic (exact) mass is 249 g/mol. The molecule has 0 atom stereocenters. The quantitative estimate of drug-likeness (QED) is 0.713. The van der Waals surface area contributed by atoms with Gasteiger partial charge in [-0.3, -0.25) is 4.79 Å². The third-order valence-electron chi connectivity index (χ3n) is 2.60. The third-order valence-corrected chi connectivity index (χ3v) is 2.60. The molecule has 0 fully saturated rings. The van der Waals surface area contributed by atoms with Crippen LogP contribution in [0.4, 0.5) is 0 Å². The largest absolute Gasteiger partial charge is 0.504 e. The number of carboxylic acids is 1. The van der Waals surface area contributed by atoms with E-state index in [0.717, 1.165) is 0 Å². The van der Waals surface area contributed by atoms with Crippen molar-refractivity contribution in [3.05, 3.63) is 23.9 Å². The van der Waals surface area contributed by atoms with E-state index < -0.39 is 5.97 Å². The SMILES string of the molecule is CC(=O)Cn1c(C(=O)O)cc2cc(O)c(O)cc21. The fourth-order valence-corrected chi connectivity index (χ4v) is 1.86. The summed E-state index contributed by atoms with van der Waals surface area (Å²) in [5.74, 6) is -2.07. The van der Waals surface area contributed by atoms with Crippen LogP contribution in [0.1, 0.15) is 17.4 Å². The normalized spacial score (nSPS) is 10.7. The first-order valence-corrected chi connectivity index (χ1v) is 5.18. The van der Waals surface area contributed by atoms with Crippen molar-refractivity contribution in [1.82, 2.24) is 4.57 Å². The van der Waals surface area contributed by atoms with Crippen molar-refractivity contribution in [3.63, 3.8) is 0 Å². The lowest BCUT2D eigenvalue weighted by Crippen LogP contribution is -2.12. The van der Waals surface area contributed by atoms with Crippen molar-refractivity contribution in [2.45, 2.75) is 13.5 Å². The van der Waals surface area contributed by atoms with Gasteiger partial charge in [0.15, 0.2) is 11.5 Å². The summed E-state index contributed by atoms with van der Waals surface area (Å²) in [6.45, 7) is 1.24. The van der Waals surface area contributed by atoms with Gasteiger partial charge in [-0.15, -0.1) is 0 Å². The number of ketones is 1. The van der Waals surface area contributed by atoms with E-state index in [0.29, 0.717) is 10.9 Å². The maximum Gasteiger partial charge on any atom is 0.352 e. The summed E-state index contributed by atoms with van der Waals surface area (Å²) in [6.07, 6.45) is 0. The van der Waals surface area contributed by atoms with Gasteiger partial charge in [0, 0.05) is 11.5 Å². The topological polar surface area (TPSA) is 99.8 Å². The van der Waals surface area contributed by atoms with Gasteiger partial charge >= 0.3 is 5.97 Å². The Kier molecular flexibility index (Phi) is 2.70. The van der Waals surface area contributed by atoms with Crippen molar-refractivity contribution < 1.29 is 24.9 Å². The predicted octanol–water partition coefficient (Wildman–Crippen LogP) is 1.34. The molecular formula is C12H11NO5. The Bertz CT molecular complexity index is 656. The molecule has 0 bridgehead atoms. The molecule has 0 saturated heterocycles. The molecule has 1 heterocycles. The van der Waals surface area contributed by atoms with Crippen LogP contribution in [0.3, 0.4) is 0 Å². The van der Waals surface area contributed by atoms with Crippen LogP contribution in [-0.4, -0.2) is 31.6 Å². The summed E-state index contributed by atoms with van der Waals surface area (Å²) in [6, 6.07) is 3.84. The lowest BCUT2D eigenvalue weighted by Gasteiger charge is -2.06. The highest BCUT2D eigenvalue weighted by molar-refractivity contribution is 5.96. The highest BCUT2D eigenvalue weighted by Gasteiger charge is 2.17. The van der Waals surface area contributed by atoms with Gasteiger partial charge in [-0.1, -0.05) is 0 Å². The Morgan fingerprint density at radius 1 is 1.17 bits per heavy atom. The minimum Gasteiger partial charge on any atom is -0.504 e. The first-order chi connectivity index (χ1) is 8.40. The molecule has 1 aromatic heterocycles. The van der Waals surface area contributed by atoms with Crippen LogP contribution in [0.25, 0.3) is 10.9 Å². The predicted molar refractivity (Wildman–Crippen MR) is 62.9 cm³/mol. The van der Waals surface area contributed by atoms with Crippen LogP contribution in [0.15, 0.2) is 18.2 Å². The van der Waals surface area contributed by atoms with E-state index in [1.807, 2.05) is 0 Å². The van der Waals surface area contributed by atoms with Gasteiger partial charge in [0.25, 0.3) is 0 Å². The summed E-state index contributed by atoms with van der Waals surface area (Å²) < 4.78 is 1.29. The minimum absolute atomic E-state index is 0.0646. The maximum absolute atomic E-state index is 11.2. The van der Waals surface area contributed by atoms with E-state index >= 15 is 0 Å². The van der Waals surface area contributed by atoms with Crippen molar-refractivity contribution in [2.24, 2.45) is 0 Å². The number of aromatic hydroxyl groups is 2. The summed E-state index contributed by atoms with van der Waals surface area (Å²) >= 11 is 0. The molecule has 18 heavy (non-hydrogen) atoms. The maximum atomic E-state index is 11.2. The molecule has 0 amide bonds. The van der Waals surface area contributed by atoms with E-state index in [1.54, 1.807) is 0 Å². The van der Waals surface area contributed by atoms with Crippen LogP contribution in [0.2, 0.25) is 0 Å². The molecule has 0 radical (unpaired) electrons. The highest BCUT2D eigenvalue weighted by atomic mass is 16.4. The number of hydrogen-bond donors (Lipinski definition) is 3. The van der Waals surface area contributed by atoms with Crippen molar-refractivity contribution >= 4 is 22.7 Å². The van der Waals surface area contributed by atoms with Crippen LogP contribution >= 0.6 is 0 Å². The van der Waals surface area contributed by atoms with Gasteiger partial charge < -0.3 is 19.9 Å². The van der Waals surface area contributed by atoms with Crippen molar-refractivity contribution in [3.8, 4) is 11.5 Å². The number of fused-ring (bicyclic) bond motifs is 1. The van der Waals surface area contributed by atoms with E-state index in [1.165, 1.54) is 29.7 Å². The van der Waals surface area contributed by atoms with Crippen LogP contribution < -0.4 is 0 Å². The average molecular weight is 249 g/mol. The number of carbonyl (C=O) groups excluding carboxylic acids is 1. The second-order valence-corrected chi connectivity index (χ2v) is 4.02. The first-order valence-electron chi connectivity index (χ1n) is 5.18. The molecule has 0 aliphatic rings. The number of benzene rings is 1. The van der Waals surface area contributed by atoms with Crippen LogP contribution in [0, 0.1) is 0 Å². The zero-order chi connectivity index (χ0) is 13.4. The van der Waals surface area contributed by atoms with Crippen molar-refractivity contribution in [2.75, 3.05) is 0 Å². The molecular weight excluding hydrogens is 238 g/mol. The Morgan fingerprint density at radius 2 is 1.78 bits per heavy atom. The minimum atomic E-state index is -1.17. The van der Waals surface area contributed by atoms with Crippen LogP contribution in [0.5, 0.6) is 11.5 Å². The second kappa shape index (κ2) is 4.06. The Morgan fingerprint density at radius 3 is 2.33 bits per heavy atom. The fourth-order valence-electron chi connectivity index (χ4n) is 1.86. The summed E-state index contributed by atoms with van der Waals surface area (Å²) in [5, 5.41) is 28.3. The van der Waals surface area contributed by atoms with Gasteiger partial charge in [-0.25, -0.2) is 4.79 Å². The number of aromatic carboxylic acids is 1. The molecule has 1 aromatic carbocycles. The molecule has 6 nitrogen and oxygen atoms in total. The lowest BCUT2D eigenvalue weighted by atomic mass is 10.2. The molecule has 0 unspecified atom stereocenters. The number of phenolic OH excluding ortho intramolecular Hbond substituents is 2. The zero-order valence-electron chi connectivity index (χ0n) is 9.54. The average Bonchev–Trinajstić information content (AvgIpc) is 2.57. The van der Waals surface area contributed by atoms with Gasteiger partial charge in [0.05, 0.1) is 12.1 Å². The number of aromatic nitrogens is 1. The standard InChI is InChI=1S/C12H11NO5/c1-6(14)5-13-8-4-11(16)10(15)3-7(8)2-9(13)12(17)18/h2-4,15-16H,5H2,1H3,(H,17,18). The molecule has 0 spiro atoms. The molecule has 0 aliphatic heterocycles. The fraction of sp³-hybridized carbons (Fsp3) is 0.167. The molecule has 0 saturated carbocycles. The van der Waals surface area contributed by atoms with Crippen LogP contribution in [-0.2, 0) is 11.3 Å². The lowest BCUT2D eigenvalue weighted by molar-refractivity contribution is -0.117. The number of phenols is 2. The molecule has 2 rings (SSSR count). The number of carbonyl (C=O) groups is 2. The van der Waals surface area contributed by atoms with Gasteiger partial charge in [-0.05, 0) is 19.1 Å². The molecule has 94 valence electrons. The summed E-state index contributed by atoms with van der Waals surface area (Å²) in [5.41, 5.74) is 0.322. The molecule has 0 aliphatic carbocycles.